The average Bonchev–Trinajstić information content (AvgIpc) is 3.41. The Hall–Kier alpha value is -3.59. The molecule has 4 rings (SSSR count). The fourth-order valence-corrected chi connectivity index (χ4v) is 5.26. The van der Waals surface area contributed by atoms with Crippen molar-refractivity contribution in [3.05, 3.63) is 65.1 Å². The van der Waals surface area contributed by atoms with Gasteiger partial charge in [-0.25, -0.2) is 0 Å². The van der Waals surface area contributed by atoms with Gasteiger partial charge in [0.05, 0.1) is 10.8 Å². The molecule has 1 N–H and O–H groups in total. The first-order chi connectivity index (χ1) is 17.4. The summed E-state index contributed by atoms with van der Waals surface area (Å²) in [7, 11) is 0. The van der Waals surface area contributed by atoms with Crippen molar-refractivity contribution in [1.29, 1.82) is 0 Å². The highest BCUT2D eigenvalue weighted by Crippen LogP contribution is 2.32. The number of nitrogens with one attached hydrogen (secondary N) is 1. The quantitative estimate of drug-likeness (QED) is 0.521. The van der Waals surface area contributed by atoms with Gasteiger partial charge in [0.25, 0.3) is 11.1 Å². The van der Waals surface area contributed by atoms with E-state index in [1.807, 2.05) is 54.6 Å². The van der Waals surface area contributed by atoms with Crippen molar-refractivity contribution in [2.75, 3.05) is 42.5 Å². The zero-order chi connectivity index (χ0) is 25.7. The highest BCUT2D eigenvalue weighted by molar-refractivity contribution is 8.18. The molecule has 2 fully saturated rings. The van der Waals surface area contributed by atoms with Gasteiger partial charge in [0.1, 0.15) is 0 Å². The maximum atomic E-state index is 12.8. The number of thioether (sulfide) groups is 1. The molecule has 9 heteroatoms. The van der Waals surface area contributed by atoms with Crippen LogP contribution < -0.4 is 15.1 Å². The van der Waals surface area contributed by atoms with Crippen LogP contribution in [0.25, 0.3) is 6.08 Å². The Morgan fingerprint density at radius 1 is 1.06 bits per heavy atom. The minimum absolute atomic E-state index is 0.0811. The van der Waals surface area contributed by atoms with Crippen LogP contribution in [-0.2, 0) is 14.4 Å². The van der Waals surface area contributed by atoms with Crippen LogP contribution in [0, 0.1) is 5.92 Å². The maximum Gasteiger partial charge on any atom is 0.293 e. The van der Waals surface area contributed by atoms with Crippen molar-refractivity contribution < 1.29 is 19.2 Å². The smallest absolute Gasteiger partial charge is 0.293 e. The van der Waals surface area contributed by atoms with Crippen LogP contribution in [0.1, 0.15) is 25.8 Å². The molecule has 2 saturated heterocycles. The van der Waals surface area contributed by atoms with Gasteiger partial charge in [-0.2, -0.15) is 0 Å². The summed E-state index contributed by atoms with van der Waals surface area (Å²) >= 11 is 0.903. The molecule has 2 aromatic carbocycles. The van der Waals surface area contributed by atoms with Crippen LogP contribution in [0.3, 0.4) is 0 Å². The van der Waals surface area contributed by atoms with E-state index in [1.165, 1.54) is 0 Å². The molecule has 2 aromatic rings. The summed E-state index contributed by atoms with van der Waals surface area (Å²) in [5, 5.41) is 2.43. The standard InChI is InChI=1S/C27H30N4O4S/c1-3-29(4-2)21-12-10-19(11-13-21)16-23-26(34)30(27(35)36-23)15-14-28-25(33)20-17-24(32)31(18-20)22-8-6-5-7-9-22/h5-13,16,20H,3-4,14-15,17-18H2,1-2H3,(H,28,33)/b23-16-. The second-order valence-corrected chi connectivity index (χ2v) is 9.62. The number of anilines is 2. The summed E-state index contributed by atoms with van der Waals surface area (Å²) in [6.45, 7) is 6.55. The fourth-order valence-electron chi connectivity index (χ4n) is 4.39. The Balaban J connectivity index is 1.30. The molecule has 188 valence electrons. The number of hydrogen-bond acceptors (Lipinski definition) is 6. The molecule has 0 saturated carbocycles. The number of imide groups is 1. The van der Waals surface area contributed by atoms with Crippen molar-refractivity contribution in [1.82, 2.24) is 10.2 Å². The molecule has 0 aromatic heterocycles. The Morgan fingerprint density at radius 3 is 2.42 bits per heavy atom. The van der Waals surface area contributed by atoms with E-state index in [0.717, 1.165) is 46.7 Å². The number of benzene rings is 2. The predicted octanol–water partition coefficient (Wildman–Crippen LogP) is 3.74. The summed E-state index contributed by atoms with van der Waals surface area (Å²) in [6.07, 6.45) is 1.86. The second kappa shape index (κ2) is 11.4. The van der Waals surface area contributed by atoms with E-state index in [0.29, 0.717) is 11.4 Å². The number of rotatable bonds is 9. The molecule has 0 radical (unpaired) electrons. The van der Waals surface area contributed by atoms with Crippen LogP contribution in [0.2, 0.25) is 0 Å². The van der Waals surface area contributed by atoms with Gasteiger partial charge in [0.15, 0.2) is 0 Å². The molecular weight excluding hydrogens is 476 g/mol. The average molecular weight is 507 g/mol. The van der Waals surface area contributed by atoms with E-state index in [4.69, 9.17) is 0 Å². The number of carbonyl (C=O) groups excluding carboxylic acids is 4. The molecule has 8 nitrogen and oxygen atoms in total. The van der Waals surface area contributed by atoms with Crippen molar-refractivity contribution in [2.45, 2.75) is 20.3 Å². The summed E-state index contributed by atoms with van der Waals surface area (Å²) in [5.74, 6) is -1.18. The molecule has 1 unspecified atom stereocenters. The Kier molecular flexibility index (Phi) is 8.10. The van der Waals surface area contributed by atoms with Crippen molar-refractivity contribution in [3.63, 3.8) is 0 Å². The zero-order valence-corrected chi connectivity index (χ0v) is 21.3. The van der Waals surface area contributed by atoms with Crippen LogP contribution in [0.15, 0.2) is 59.5 Å². The molecule has 1 atom stereocenters. The Bertz CT molecular complexity index is 1160. The van der Waals surface area contributed by atoms with E-state index in [1.54, 1.807) is 11.0 Å². The lowest BCUT2D eigenvalue weighted by molar-refractivity contribution is -0.127. The van der Waals surface area contributed by atoms with Gasteiger partial charge in [-0.1, -0.05) is 30.3 Å². The minimum Gasteiger partial charge on any atom is -0.372 e. The highest BCUT2D eigenvalue weighted by atomic mass is 32.2. The SMILES string of the molecule is CCN(CC)c1ccc(/C=C2\SC(=O)N(CCNC(=O)C3CC(=O)N(c4ccccc4)C3)C2=O)cc1. The lowest BCUT2D eigenvalue weighted by atomic mass is 10.1. The van der Waals surface area contributed by atoms with Gasteiger partial charge >= 0.3 is 0 Å². The number of carbonyl (C=O) groups is 4. The van der Waals surface area contributed by atoms with Crippen molar-refractivity contribution >= 4 is 52.2 Å². The maximum absolute atomic E-state index is 12.8. The zero-order valence-electron chi connectivity index (χ0n) is 20.5. The first-order valence-electron chi connectivity index (χ1n) is 12.1. The van der Waals surface area contributed by atoms with Crippen LogP contribution in [0.5, 0.6) is 0 Å². The molecular formula is C27H30N4O4S. The minimum atomic E-state index is -0.466. The van der Waals surface area contributed by atoms with Gasteiger partial charge in [-0.15, -0.1) is 0 Å². The molecule has 0 aliphatic carbocycles. The largest absolute Gasteiger partial charge is 0.372 e. The van der Waals surface area contributed by atoms with Gasteiger partial charge in [0, 0.05) is 50.5 Å². The molecule has 2 heterocycles. The molecule has 36 heavy (non-hydrogen) atoms. The normalized spacial score (nSPS) is 18.9. The van der Waals surface area contributed by atoms with Crippen molar-refractivity contribution in [3.8, 4) is 0 Å². The third-order valence-corrected chi connectivity index (χ3v) is 7.30. The fraction of sp³-hybridized carbons (Fsp3) is 0.333. The summed E-state index contributed by atoms with van der Waals surface area (Å²) in [4.78, 5) is 55.6. The number of para-hydroxylation sites is 1. The highest BCUT2D eigenvalue weighted by Gasteiger charge is 2.37. The number of amides is 4. The lowest BCUT2D eigenvalue weighted by Crippen LogP contribution is -2.40. The summed E-state index contributed by atoms with van der Waals surface area (Å²) < 4.78 is 0. The monoisotopic (exact) mass is 506 g/mol. The Labute approximate surface area is 215 Å². The molecule has 0 spiro atoms. The first kappa shape index (κ1) is 25.5. The van der Waals surface area contributed by atoms with Crippen molar-refractivity contribution in [2.24, 2.45) is 5.92 Å². The van der Waals surface area contributed by atoms with Crippen LogP contribution >= 0.6 is 11.8 Å². The van der Waals surface area contributed by atoms with Crippen LogP contribution in [0.4, 0.5) is 16.2 Å². The van der Waals surface area contributed by atoms with E-state index >= 15 is 0 Å². The van der Waals surface area contributed by atoms with E-state index < -0.39 is 5.92 Å². The molecule has 0 bridgehead atoms. The van der Waals surface area contributed by atoms with Gasteiger partial charge in [-0.3, -0.25) is 24.1 Å². The molecule has 2 aliphatic rings. The number of nitrogens with zero attached hydrogens (tertiary/aromatic N) is 3. The van der Waals surface area contributed by atoms with E-state index in [9.17, 15) is 19.2 Å². The molecule has 4 amide bonds. The summed E-state index contributed by atoms with van der Waals surface area (Å²) in [6, 6.07) is 17.1. The van der Waals surface area contributed by atoms with Gasteiger partial charge in [0.2, 0.25) is 11.8 Å². The molecule has 2 aliphatic heterocycles. The van der Waals surface area contributed by atoms with E-state index in [2.05, 4.69) is 24.1 Å². The second-order valence-electron chi connectivity index (χ2n) is 8.63. The van der Waals surface area contributed by atoms with Gasteiger partial charge < -0.3 is 15.1 Å². The van der Waals surface area contributed by atoms with E-state index in [-0.39, 0.29) is 42.5 Å². The predicted molar refractivity (Wildman–Crippen MR) is 143 cm³/mol. The first-order valence-corrected chi connectivity index (χ1v) is 13.0. The summed E-state index contributed by atoms with van der Waals surface area (Å²) in [5.41, 5.74) is 2.72. The third kappa shape index (κ3) is 5.62. The third-order valence-electron chi connectivity index (χ3n) is 6.39. The topological polar surface area (TPSA) is 90.0 Å². The van der Waals surface area contributed by atoms with Gasteiger partial charge in [-0.05, 0) is 61.5 Å². The van der Waals surface area contributed by atoms with Crippen LogP contribution in [-0.4, -0.2) is 60.6 Å². The Morgan fingerprint density at radius 2 is 1.75 bits per heavy atom. The lowest BCUT2D eigenvalue weighted by Gasteiger charge is -2.20. The number of hydrogen-bond donors (Lipinski definition) is 1.